The number of aromatic nitrogens is 2. The summed E-state index contributed by atoms with van der Waals surface area (Å²) in [6.07, 6.45) is 6.42. The highest BCUT2D eigenvalue weighted by Gasteiger charge is 2.15. The van der Waals surface area contributed by atoms with Crippen LogP contribution in [-0.2, 0) is 0 Å². The zero-order chi connectivity index (χ0) is 16.5. The maximum atomic E-state index is 6.48. The summed E-state index contributed by atoms with van der Waals surface area (Å²) in [4.78, 5) is 8.11. The molecule has 0 saturated heterocycles. The molecule has 24 heavy (non-hydrogen) atoms. The van der Waals surface area contributed by atoms with Crippen molar-refractivity contribution in [1.29, 1.82) is 0 Å². The van der Waals surface area contributed by atoms with Gasteiger partial charge in [-0.3, -0.25) is 0 Å². The standard InChI is InChI=1S/C20H14Cl2N2/c21-13-9-11-15(17(22)12-10-13)14-5-1-2-6-16(14)20-23-18-7-3-4-8-19(18)24-20/h1-8,10-12H,9H2,(H,23,24). The minimum absolute atomic E-state index is 0.665. The molecule has 1 heterocycles. The van der Waals surface area contributed by atoms with Gasteiger partial charge in [-0.2, -0.15) is 0 Å². The number of fused-ring (bicyclic) bond motifs is 1. The molecule has 3 aromatic rings. The third-order valence-corrected chi connectivity index (χ3v) is 4.64. The second-order valence-electron chi connectivity index (χ2n) is 5.60. The van der Waals surface area contributed by atoms with E-state index in [2.05, 4.69) is 23.2 Å². The number of allylic oxidation sites excluding steroid dienone is 6. The van der Waals surface area contributed by atoms with E-state index in [1.165, 1.54) is 0 Å². The lowest BCUT2D eigenvalue weighted by Crippen LogP contribution is -1.91. The number of nitrogens with one attached hydrogen (secondary N) is 1. The van der Waals surface area contributed by atoms with Crippen molar-refractivity contribution in [3.8, 4) is 11.4 Å². The first-order chi connectivity index (χ1) is 11.7. The molecule has 2 nitrogen and oxygen atoms in total. The average molecular weight is 353 g/mol. The molecule has 0 radical (unpaired) electrons. The summed E-state index contributed by atoms with van der Waals surface area (Å²) in [6.45, 7) is 0. The molecule has 0 fully saturated rings. The molecule has 0 aliphatic heterocycles. The van der Waals surface area contributed by atoms with Crippen molar-refractivity contribution in [2.24, 2.45) is 0 Å². The van der Waals surface area contributed by atoms with E-state index >= 15 is 0 Å². The SMILES string of the molecule is ClC1=CC=C(Cl)C(c2ccccc2-c2nc3ccccc3[nH]2)=CC1. The molecule has 0 amide bonds. The summed E-state index contributed by atoms with van der Waals surface area (Å²) in [5.41, 5.74) is 4.99. The fourth-order valence-corrected chi connectivity index (χ4v) is 3.24. The first kappa shape index (κ1) is 15.3. The van der Waals surface area contributed by atoms with Gasteiger partial charge in [-0.05, 0) is 35.4 Å². The number of halogens is 2. The molecule has 0 saturated carbocycles. The monoisotopic (exact) mass is 352 g/mol. The summed E-state index contributed by atoms with van der Waals surface area (Å²) >= 11 is 12.6. The molecule has 2 aromatic carbocycles. The molecule has 118 valence electrons. The molecule has 1 N–H and O–H groups in total. The Morgan fingerprint density at radius 2 is 1.62 bits per heavy atom. The highest BCUT2D eigenvalue weighted by molar-refractivity contribution is 6.38. The highest BCUT2D eigenvalue weighted by atomic mass is 35.5. The van der Waals surface area contributed by atoms with E-state index in [0.29, 0.717) is 11.5 Å². The number of rotatable bonds is 2. The first-order valence-electron chi connectivity index (χ1n) is 7.69. The van der Waals surface area contributed by atoms with Gasteiger partial charge in [-0.25, -0.2) is 4.98 Å². The Hall–Kier alpha value is -2.29. The number of H-pyrrole nitrogens is 1. The summed E-state index contributed by atoms with van der Waals surface area (Å²) in [5.74, 6) is 0.834. The van der Waals surface area contributed by atoms with Crippen molar-refractivity contribution >= 4 is 39.8 Å². The van der Waals surface area contributed by atoms with Gasteiger partial charge in [-0.1, -0.05) is 65.7 Å². The number of aromatic amines is 1. The molecular weight excluding hydrogens is 339 g/mol. The summed E-state index contributed by atoms with van der Waals surface area (Å²) < 4.78 is 0. The van der Waals surface area contributed by atoms with Crippen molar-refractivity contribution in [3.63, 3.8) is 0 Å². The minimum Gasteiger partial charge on any atom is -0.338 e. The molecule has 1 aromatic heterocycles. The van der Waals surface area contributed by atoms with Crippen LogP contribution >= 0.6 is 23.2 Å². The van der Waals surface area contributed by atoms with Crippen LogP contribution in [0.5, 0.6) is 0 Å². The van der Waals surface area contributed by atoms with Crippen molar-refractivity contribution in [1.82, 2.24) is 9.97 Å². The van der Waals surface area contributed by atoms with Crippen LogP contribution in [0.1, 0.15) is 12.0 Å². The Morgan fingerprint density at radius 3 is 2.46 bits per heavy atom. The summed E-state index contributed by atoms with van der Waals surface area (Å²) in [6, 6.07) is 16.1. The minimum atomic E-state index is 0.665. The fraction of sp³-hybridized carbons (Fsp3) is 0.0500. The molecule has 1 aliphatic carbocycles. The van der Waals surface area contributed by atoms with E-state index in [1.54, 1.807) is 0 Å². The number of para-hydroxylation sites is 2. The van der Waals surface area contributed by atoms with Crippen molar-refractivity contribution < 1.29 is 0 Å². The van der Waals surface area contributed by atoms with Crippen molar-refractivity contribution in [2.45, 2.75) is 6.42 Å². The highest BCUT2D eigenvalue weighted by Crippen LogP contribution is 2.36. The second-order valence-corrected chi connectivity index (χ2v) is 6.49. The van der Waals surface area contributed by atoms with E-state index in [9.17, 15) is 0 Å². The Morgan fingerprint density at radius 1 is 0.875 bits per heavy atom. The quantitative estimate of drug-likeness (QED) is 0.578. The lowest BCUT2D eigenvalue weighted by Gasteiger charge is -2.11. The largest absolute Gasteiger partial charge is 0.338 e. The van der Waals surface area contributed by atoms with Gasteiger partial charge in [0.2, 0.25) is 0 Å². The molecule has 0 atom stereocenters. The molecule has 1 aliphatic rings. The van der Waals surface area contributed by atoms with Gasteiger partial charge < -0.3 is 4.98 Å². The Balaban J connectivity index is 1.87. The Kier molecular flexibility index (Phi) is 4.01. The van der Waals surface area contributed by atoms with Gasteiger partial charge in [0.15, 0.2) is 0 Å². The third kappa shape index (κ3) is 2.79. The third-order valence-electron chi connectivity index (χ3n) is 4.03. The molecule has 4 rings (SSSR count). The lowest BCUT2D eigenvalue weighted by molar-refractivity contribution is 1.32. The number of nitrogens with zero attached hydrogens (tertiary/aromatic N) is 1. The average Bonchev–Trinajstić information content (AvgIpc) is 2.97. The van der Waals surface area contributed by atoms with Crippen LogP contribution in [0, 0.1) is 0 Å². The lowest BCUT2D eigenvalue weighted by atomic mass is 9.98. The number of hydrogen-bond acceptors (Lipinski definition) is 1. The van der Waals surface area contributed by atoms with Crippen LogP contribution < -0.4 is 0 Å². The second kappa shape index (κ2) is 6.31. The molecule has 0 bridgehead atoms. The van der Waals surface area contributed by atoms with Gasteiger partial charge in [0, 0.05) is 22.0 Å². The van der Waals surface area contributed by atoms with Crippen LogP contribution in [-0.4, -0.2) is 9.97 Å². The van der Waals surface area contributed by atoms with Gasteiger partial charge in [-0.15, -0.1) is 0 Å². The van der Waals surface area contributed by atoms with Crippen molar-refractivity contribution in [2.75, 3.05) is 0 Å². The van der Waals surface area contributed by atoms with E-state index < -0.39 is 0 Å². The first-order valence-corrected chi connectivity index (χ1v) is 8.45. The van der Waals surface area contributed by atoms with Crippen LogP contribution in [0.15, 0.2) is 76.8 Å². The number of imidazole rings is 1. The summed E-state index contributed by atoms with van der Waals surface area (Å²) in [5, 5.41) is 1.44. The molecule has 0 unspecified atom stereocenters. The van der Waals surface area contributed by atoms with Crippen LogP contribution in [0.2, 0.25) is 0 Å². The molecule has 4 heteroatoms. The molecule has 0 spiro atoms. The number of hydrogen-bond donors (Lipinski definition) is 1. The smallest absolute Gasteiger partial charge is 0.139 e. The van der Waals surface area contributed by atoms with E-state index in [-0.39, 0.29) is 0 Å². The zero-order valence-electron chi connectivity index (χ0n) is 12.8. The predicted molar refractivity (Wildman–Crippen MR) is 102 cm³/mol. The fourth-order valence-electron chi connectivity index (χ4n) is 2.86. The van der Waals surface area contributed by atoms with E-state index in [0.717, 1.165) is 38.6 Å². The normalized spacial score (nSPS) is 14.8. The van der Waals surface area contributed by atoms with Crippen LogP contribution in [0.25, 0.3) is 28.0 Å². The van der Waals surface area contributed by atoms with Crippen molar-refractivity contribution in [3.05, 3.63) is 82.4 Å². The van der Waals surface area contributed by atoms with Gasteiger partial charge >= 0.3 is 0 Å². The zero-order valence-corrected chi connectivity index (χ0v) is 14.3. The Labute approximate surface area is 150 Å². The summed E-state index contributed by atoms with van der Waals surface area (Å²) in [7, 11) is 0. The van der Waals surface area contributed by atoms with Gasteiger partial charge in [0.05, 0.1) is 11.0 Å². The molecular formula is C20H14Cl2N2. The topological polar surface area (TPSA) is 28.7 Å². The maximum absolute atomic E-state index is 6.48. The van der Waals surface area contributed by atoms with E-state index in [4.69, 9.17) is 28.2 Å². The van der Waals surface area contributed by atoms with Gasteiger partial charge in [0.25, 0.3) is 0 Å². The van der Waals surface area contributed by atoms with Crippen LogP contribution in [0.3, 0.4) is 0 Å². The predicted octanol–water partition coefficient (Wildman–Crippen LogP) is 6.26. The Bertz CT molecular complexity index is 976. The van der Waals surface area contributed by atoms with E-state index in [1.807, 2.05) is 48.6 Å². The maximum Gasteiger partial charge on any atom is 0.139 e. The number of benzene rings is 2. The van der Waals surface area contributed by atoms with Gasteiger partial charge in [0.1, 0.15) is 5.82 Å². The van der Waals surface area contributed by atoms with Crippen LogP contribution in [0.4, 0.5) is 0 Å².